The third-order valence-electron chi connectivity index (χ3n) is 6.57. The lowest BCUT2D eigenvalue weighted by Gasteiger charge is -2.35. The number of fused-ring (bicyclic) bond motifs is 1. The van der Waals surface area contributed by atoms with E-state index < -0.39 is 0 Å². The minimum absolute atomic E-state index is 0.0825. The number of pyridine rings is 1. The minimum atomic E-state index is -0.232. The van der Waals surface area contributed by atoms with Crippen LogP contribution >= 0.6 is 0 Å². The van der Waals surface area contributed by atoms with Gasteiger partial charge in [0.2, 0.25) is 0 Å². The number of aliphatic hydroxyl groups excluding tert-OH is 1. The highest BCUT2D eigenvalue weighted by atomic mass is 16.3. The number of benzene rings is 1. The van der Waals surface area contributed by atoms with Gasteiger partial charge in [0, 0.05) is 25.3 Å². The molecule has 0 aliphatic heterocycles. The van der Waals surface area contributed by atoms with E-state index in [-0.39, 0.29) is 29.7 Å². The van der Waals surface area contributed by atoms with Gasteiger partial charge in [-0.05, 0) is 80.0 Å². The fourth-order valence-corrected chi connectivity index (χ4v) is 4.50. The Labute approximate surface area is 196 Å². The van der Waals surface area contributed by atoms with Crippen LogP contribution in [0.5, 0.6) is 0 Å². The highest BCUT2D eigenvalue weighted by molar-refractivity contribution is 5.82. The largest absolute Gasteiger partial charge is 0.396 e. The maximum Gasteiger partial charge on any atom is 0.252 e. The maximum atomic E-state index is 13.1. The number of hydrogen-bond donors (Lipinski definition) is 2. The average Bonchev–Trinajstić information content (AvgIpc) is 3.23. The number of aliphatic hydroxyl groups is 1. The van der Waals surface area contributed by atoms with Crippen LogP contribution < -0.4 is 5.56 Å². The van der Waals surface area contributed by atoms with E-state index in [0.29, 0.717) is 25.1 Å². The van der Waals surface area contributed by atoms with E-state index in [0.717, 1.165) is 34.3 Å². The van der Waals surface area contributed by atoms with Crippen molar-refractivity contribution < 1.29 is 5.11 Å². The summed E-state index contributed by atoms with van der Waals surface area (Å²) in [5, 5.41) is 23.4. The van der Waals surface area contributed by atoms with Crippen molar-refractivity contribution in [1.82, 2.24) is 30.1 Å². The smallest absolute Gasteiger partial charge is 0.252 e. The molecule has 1 aromatic carbocycles. The average molecular weight is 455 g/mol. The van der Waals surface area contributed by atoms with Crippen LogP contribution in [-0.2, 0) is 12.1 Å². The lowest BCUT2D eigenvalue weighted by molar-refractivity contribution is 0.115. The SMILES string of the molecule is CCC(C)(C)n1nnnc1[C@H](C(C)C)N(CCCO)Cc1cc2cc(C)cc(C)c2[nH]c1=O. The molecule has 2 heterocycles. The second kappa shape index (κ2) is 10.1. The molecule has 2 aromatic heterocycles. The molecule has 0 aliphatic carbocycles. The molecule has 3 aromatic rings. The molecule has 3 rings (SSSR count). The van der Waals surface area contributed by atoms with Gasteiger partial charge in [0.1, 0.15) is 0 Å². The Morgan fingerprint density at radius 1 is 1.21 bits per heavy atom. The first kappa shape index (κ1) is 25.1. The molecule has 8 nitrogen and oxygen atoms in total. The summed E-state index contributed by atoms with van der Waals surface area (Å²) in [4.78, 5) is 18.4. The van der Waals surface area contributed by atoms with Crippen LogP contribution in [0.25, 0.3) is 10.9 Å². The van der Waals surface area contributed by atoms with Gasteiger partial charge in [0.15, 0.2) is 5.82 Å². The van der Waals surface area contributed by atoms with Crippen LogP contribution in [-0.4, -0.2) is 48.3 Å². The zero-order valence-electron chi connectivity index (χ0n) is 21.0. The molecule has 0 saturated carbocycles. The van der Waals surface area contributed by atoms with Crippen molar-refractivity contribution in [3.8, 4) is 0 Å². The van der Waals surface area contributed by atoms with Crippen molar-refractivity contribution in [3.05, 3.63) is 51.1 Å². The van der Waals surface area contributed by atoms with Gasteiger partial charge in [0.25, 0.3) is 5.56 Å². The van der Waals surface area contributed by atoms with E-state index in [1.165, 1.54) is 0 Å². The molecule has 0 spiro atoms. The summed E-state index contributed by atoms with van der Waals surface area (Å²) in [6.45, 7) is 15.9. The van der Waals surface area contributed by atoms with Crippen LogP contribution in [0.4, 0.5) is 0 Å². The summed E-state index contributed by atoms with van der Waals surface area (Å²) < 4.78 is 1.92. The first-order valence-corrected chi connectivity index (χ1v) is 11.9. The van der Waals surface area contributed by atoms with Gasteiger partial charge < -0.3 is 10.1 Å². The number of tetrazole rings is 1. The summed E-state index contributed by atoms with van der Waals surface area (Å²) >= 11 is 0. The minimum Gasteiger partial charge on any atom is -0.396 e. The summed E-state index contributed by atoms with van der Waals surface area (Å²) in [5.41, 5.74) is 3.49. The first-order chi connectivity index (χ1) is 15.6. The number of H-pyrrole nitrogens is 1. The molecule has 0 unspecified atom stereocenters. The summed E-state index contributed by atoms with van der Waals surface area (Å²) in [7, 11) is 0. The highest BCUT2D eigenvalue weighted by Crippen LogP contribution is 2.32. The second-order valence-electron chi connectivity index (χ2n) is 10.0. The van der Waals surface area contributed by atoms with E-state index in [1.54, 1.807) is 0 Å². The van der Waals surface area contributed by atoms with Crippen molar-refractivity contribution in [2.45, 2.75) is 79.4 Å². The Bertz CT molecular complexity index is 1150. The fourth-order valence-electron chi connectivity index (χ4n) is 4.50. The van der Waals surface area contributed by atoms with E-state index >= 15 is 0 Å². The van der Waals surface area contributed by atoms with Gasteiger partial charge in [0.05, 0.1) is 17.1 Å². The fraction of sp³-hybridized carbons (Fsp3) is 0.600. The molecule has 8 heteroatoms. The van der Waals surface area contributed by atoms with Crippen molar-refractivity contribution >= 4 is 10.9 Å². The predicted molar refractivity (Wildman–Crippen MR) is 131 cm³/mol. The zero-order valence-corrected chi connectivity index (χ0v) is 21.0. The summed E-state index contributed by atoms with van der Waals surface area (Å²) in [6.07, 6.45) is 1.49. The Kier molecular flexibility index (Phi) is 7.69. The predicted octanol–water partition coefficient (Wildman–Crippen LogP) is 3.86. The molecule has 0 bridgehead atoms. The molecular formula is C25H38N6O2. The van der Waals surface area contributed by atoms with Crippen LogP contribution in [0.2, 0.25) is 0 Å². The third-order valence-corrected chi connectivity index (χ3v) is 6.57. The summed E-state index contributed by atoms with van der Waals surface area (Å²) in [5.74, 6) is 0.990. The topological polar surface area (TPSA) is 99.9 Å². The molecule has 0 radical (unpaired) electrons. The number of rotatable bonds is 10. The second-order valence-corrected chi connectivity index (χ2v) is 10.0. The Hall–Kier alpha value is -2.58. The zero-order chi connectivity index (χ0) is 24.3. The van der Waals surface area contributed by atoms with E-state index in [1.807, 2.05) is 17.7 Å². The van der Waals surface area contributed by atoms with E-state index in [2.05, 4.69) is 79.1 Å². The number of hydrogen-bond acceptors (Lipinski definition) is 6. The van der Waals surface area contributed by atoms with Gasteiger partial charge in [-0.15, -0.1) is 5.10 Å². The molecular weight excluding hydrogens is 416 g/mol. The molecule has 0 amide bonds. The summed E-state index contributed by atoms with van der Waals surface area (Å²) in [6, 6.07) is 6.07. The van der Waals surface area contributed by atoms with Gasteiger partial charge >= 0.3 is 0 Å². The highest BCUT2D eigenvalue weighted by Gasteiger charge is 2.33. The van der Waals surface area contributed by atoms with Gasteiger partial charge in [-0.3, -0.25) is 9.69 Å². The van der Waals surface area contributed by atoms with Gasteiger partial charge in [-0.1, -0.05) is 32.4 Å². The first-order valence-electron chi connectivity index (χ1n) is 11.9. The molecule has 0 fully saturated rings. The number of aromatic amines is 1. The number of nitrogens with zero attached hydrogens (tertiary/aromatic N) is 5. The molecule has 0 aliphatic rings. The van der Waals surface area contributed by atoms with Crippen LogP contribution in [0, 0.1) is 19.8 Å². The molecule has 33 heavy (non-hydrogen) atoms. The van der Waals surface area contributed by atoms with Crippen LogP contribution in [0.15, 0.2) is 23.0 Å². The van der Waals surface area contributed by atoms with Crippen molar-refractivity contribution in [3.63, 3.8) is 0 Å². The third kappa shape index (κ3) is 5.33. The molecule has 2 N–H and O–H groups in total. The monoisotopic (exact) mass is 454 g/mol. The molecule has 1 atom stereocenters. The Balaban J connectivity index is 2.07. The molecule has 180 valence electrons. The number of nitrogens with one attached hydrogen (secondary N) is 1. The van der Waals surface area contributed by atoms with Gasteiger partial charge in [-0.25, -0.2) is 4.68 Å². The standard InChI is InChI=1S/C25H38N6O2/c1-8-25(6,7)31-23(27-28-29-31)22(16(2)3)30(10-9-11-32)15-20-14-19-13-17(4)12-18(5)21(19)26-24(20)33/h12-14,16,22,32H,8-11,15H2,1-7H3,(H,26,33)/t22-/m0/s1. The number of aromatic nitrogens is 5. The van der Waals surface area contributed by atoms with Crippen LogP contribution in [0.1, 0.15) is 76.0 Å². The quantitative estimate of drug-likeness (QED) is 0.483. The van der Waals surface area contributed by atoms with Crippen molar-refractivity contribution in [2.24, 2.45) is 5.92 Å². The number of aryl methyl sites for hydroxylation is 2. The maximum absolute atomic E-state index is 13.1. The van der Waals surface area contributed by atoms with Gasteiger partial charge in [-0.2, -0.15) is 0 Å². The Morgan fingerprint density at radius 3 is 2.58 bits per heavy atom. The lowest BCUT2D eigenvalue weighted by atomic mass is 9.97. The lowest BCUT2D eigenvalue weighted by Crippen LogP contribution is -2.39. The van der Waals surface area contributed by atoms with Crippen LogP contribution in [0.3, 0.4) is 0 Å². The van der Waals surface area contributed by atoms with Crippen molar-refractivity contribution in [2.75, 3.05) is 13.2 Å². The normalized spacial score (nSPS) is 13.4. The van der Waals surface area contributed by atoms with E-state index in [9.17, 15) is 9.90 Å². The molecule has 0 saturated heterocycles. The van der Waals surface area contributed by atoms with E-state index in [4.69, 9.17) is 0 Å². The van der Waals surface area contributed by atoms with Crippen molar-refractivity contribution in [1.29, 1.82) is 0 Å². The Morgan fingerprint density at radius 2 is 1.94 bits per heavy atom.